The summed E-state index contributed by atoms with van der Waals surface area (Å²) in [6.45, 7) is 2.35. The van der Waals surface area contributed by atoms with E-state index < -0.39 is 0 Å². The van der Waals surface area contributed by atoms with E-state index in [1.807, 2.05) is 31.2 Å². The van der Waals surface area contributed by atoms with E-state index in [9.17, 15) is 4.79 Å². The number of carbonyl (C=O) groups excluding carboxylic acids is 1. The maximum atomic E-state index is 10.0. The van der Waals surface area contributed by atoms with Crippen LogP contribution in [0.25, 0.3) is 10.8 Å². The molecule has 0 amide bonds. The third kappa shape index (κ3) is 1.92. The molecule has 0 unspecified atom stereocenters. The van der Waals surface area contributed by atoms with Gasteiger partial charge in [-0.15, -0.1) is 0 Å². The van der Waals surface area contributed by atoms with Crippen molar-refractivity contribution in [3.8, 4) is 0 Å². The minimum atomic E-state index is 0.383. The van der Waals surface area contributed by atoms with Crippen molar-refractivity contribution in [2.24, 2.45) is 4.99 Å². The van der Waals surface area contributed by atoms with Crippen LogP contribution >= 0.6 is 0 Å². The van der Waals surface area contributed by atoms with E-state index in [1.165, 1.54) is 6.08 Å². The molecular formula is C12H10N2O. The molecule has 2 rings (SSSR count). The summed E-state index contributed by atoms with van der Waals surface area (Å²) in [6.07, 6.45) is 3.33. The molecule has 0 N–H and O–H groups in total. The second-order valence-corrected chi connectivity index (χ2v) is 3.36. The highest BCUT2D eigenvalue weighted by Crippen LogP contribution is 2.18. The molecule has 3 heteroatoms. The fourth-order valence-electron chi connectivity index (χ4n) is 1.58. The van der Waals surface area contributed by atoms with Gasteiger partial charge in [0.25, 0.3) is 0 Å². The lowest BCUT2D eigenvalue weighted by Crippen LogP contribution is -1.86. The normalized spacial score (nSPS) is 9.93. The number of benzene rings is 1. The molecule has 0 spiro atoms. The van der Waals surface area contributed by atoms with Crippen LogP contribution in [0.1, 0.15) is 11.3 Å². The lowest BCUT2D eigenvalue weighted by atomic mass is 10.1. The summed E-state index contributed by atoms with van der Waals surface area (Å²) in [7, 11) is 0. The second kappa shape index (κ2) is 4.03. The Morgan fingerprint density at radius 1 is 1.40 bits per heavy atom. The molecular weight excluding hydrogens is 188 g/mol. The monoisotopic (exact) mass is 198 g/mol. The fraction of sp³-hybridized carbons (Fsp3) is 0.167. The number of rotatable bonds is 2. The van der Waals surface area contributed by atoms with E-state index in [1.54, 1.807) is 6.20 Å². The highest BCUT2D eigenvalue weighted by atomic mass is 16.1. The number of hydrogen-bond acceptors (Lipinski definition) is 3. The highest BCUT2D eigenvalue weighted by molar-refractivity contribution is 5.84. The largest absolute Gasteiger partial charge is 0.261 e. The molecule has 74 valence electrons. The van der Waals surface area contributed by atoms with Gasteiger partial charge in [-0.3, -0.25) is 4.98 Å². The minimum absolute atomic E-state index is 0.383. The predicted molar refractivity (Wildman–Crippen MR) is 58.3 cm³/mol. The van der Waals surface area contributed by atoms with Crippen molar-refractivity contribution < 1.29 is 4.79 Å². The Morgan fingerprint density at radius 3 is 3.07 bits per heavy atom. The van der Waals surface area contributed by atoms with Gasteiger partial charge in [-0.2, -0.15) is 0 Å². The topological polar surface area (TPSA) is 42.3 Å². The van der Waals surface area contributed by atoms with Gasteiger partial charge in [-0.25, -0.2) is 9.79 Å². The lowest BCUT2D eigenvalue weighted by Gasteiger charge is -2.02. The standard InChI is InChI=1S/C12H10N2O/c1-9-12-6-10(7-13-8-15)2-3-11(12)4-5-14-9/h2-6H,7H2,1H3. The second-order valence-electron chi connectivity index (χ2n) is 3.36. The SMILES string of the molecule is Cc1nccc2ccc(CN=C=O)cc12. The van der Waals surface area contributed by atoms with Crippen molar-refractivity contribution in [1.82, 2.24) is 4.98 Å². The van der Waals surface area contributed by atoms with Gasteiger partial charge in [-0.05, 0) is 30.0 Å². The molecule has 0 aliphatic heterocycles. The van der Waals surface area contributed by atoms with Crippen molar-refractivity contribution in [3.63, 3.8) is 0 Å². The third-order valence-electron chi connectivity index (χ3n) is 2.36. The number of nitrogens with zero attached hydrogens (tertiary/aromatic N) is 2. The Morgan fingerprint density at radius 2 is 2.27 bits per heavy atom. The molecule has 1 heterocycles. The van der Waals surface area contributed by atoms with Gasteiger partial charge >= 0.3 is 0 Å². The van der Waals surface area contributed by atoms with Gasteiger partial charge in [0.2, 0.25) is 6.08 Å². The van der Waals surface area contributed by atoms with Crippen LogP contribution in [0.3, 0.4) is 0 Å². The average Bonchev–Trinajstić information content (AvgIpc) is 2.27. The van der Waals surface area contributed by atoms with Crippen molar-refractivity contribution >= 4 is 16.9 Å². The van der Waals surface area contributed by atoms with Crippen LogP contribution in [0.2, 0.25) is 0 Å². The molecule has 0 saturated carbocycles. The summed E-state index contributed by atoms with van der Waals surface area (Å²) in [5.74, 6) is 0. The summed E-state index contributed by atoms with van der Waals surface area (Å²) < 4.78 is 0. The van der Waals surface area contributed by atoms with Gasteiger partial charge in [0.15, 0.2) is 0 Å². The van der Waals surface area contributed by atoms with E-state index in [0.717, 1.165) is 22.0 Å². The van der Waals surface area contributed by atoms with Crippen LogP contribution in [-0.4, -0.2) is 11.1 Å². The molecule has 0 bridgehead atoms. The number of fused-ring (bicyclic) bond motifs is 1. The first-order valence-electron chi connectivity index (χ1n) is 4.69. The zero-order valence-corrected chi connectivity index (χ0v) is 8.40. The molecule has 1 aromatic carbocycles. The van der Waals surface area contributed by atoms with Gasteiger partial charge in [0, 0.05) is 17.3 Å². The number of aliphatic imine (C=N–C) groups is 1. The third-order valence-corrected chi connectivity index (χ3v) is 2.36. The van der Waals surface area contributed by atoms with E-state index in [2.05, 4.69) is 9.98 Å². The Labute approximate surface area is 87.5 Å². The predicted octanol–water partition coefficient (Wildman–Crippen LogP) is 2.38. The van der Waals surface area contributed by atoms with Crippen LogP contribution in [0, 0.1) is 6.92 Å². The molecule has 0 aliphatic carbocycles. The number of aryl methyl sites for hydroxylation is 1. The first-order valence-corrected chi connectivity index (χ1v) is 4.69. The number of hydrogen-bond donors (Lipinski definition) is 0. The molecule has 0 radical (unpaired) electrons. The summed E-state index contributed by atoms with van der Waals surface area (Å²) in [5, 5.41) is 2.26. The maximum Gasteiger partial charge on any atom is 0.235 e. The first kappa shape index (κ1) is 9.56. The Balaban J connectivity index is 2.54. The average molecular weight is 198 g/mol. The van der Waals surface area contributed by atoms with Gasteiger partial charge in [0.1, 0.15) is 0 Å². The maximum absolute atomic E-state index is 10.0. The molecule has 0 fully saturated rings. The smallest absolute Gasteiger partial charge is 0.235 e. The van der Waals surface area contributed by atoms with Crippen LogP contribution in [0.4, 0.5) is 0 Å². The number of aromatic nitrogens is 1. The van der Waals surface area contributed by atoms with Crippen molar-refractivity contribution in [3.05, 3.63) is 41.7 Å². The number of isocyanates is 1. The van der Waals surface area contributed by atoms with Crippen LogP contribution in [0.5, 0.6) is 0 Å². The lowest BCUT2D eigenvalue weighted by molar-refractivity contribution is 0.563. The van der Waals surface area contributed by atoms with Gasteiger partial charge in [0.05, 0.1) is 6.54 Å². The van der Waals surface area contributed by atoms with E-state index in [-0.39, 0.29) is 0 Å². The minimum Gasteiger partial charge on any atom is -0.261 e. The zero-order valence-electron chi connectivity index (χ0n) is 8.40. The van der Waals surface area contributed by atoms with Crippen molar-refractivity contribution in [1.29, 1.82) is 0 Å². The molecule has 1 aromatic heterocycles. The summed E-state index contributed by atoms with van der Waals surface area (Å²) in [5.41, 5.74) is 1.99. The van der Waals surface area contributed by atoms with Gasteiger partial charge < -0.3 is 0 Å². The molecule has 2 aromatic rings. The molecule has 3 nitrogen and oxygen atoms in total. The zero-order chi connectivity index (χ0) is 10.7. The number of pyridine rings is 1. The summed E-state index contributed by atoms with van der Waals surface area (Å²) in [6, 6.07) is 7.95. The quantitative estimate of drug-likeness (QED) is 0.549. The summed E-state index contributed by atoms with van der Waals surface area (Å²) >= 11 is 0. The van der Waals surface area contributed by atoms with Crippen LogP contribution in [0.15, 0.2) is 35.5 Å². The summed E-state index contributed by atoms with van der Waals surface area (Å²) in [4.78, 5) is 17.8. The van der Waals surface area contributed by atoms with Crippen molar-refractivity contribution in [2.75, 3.05) is 0 Å². The fourth-order valence-corrected chi connectivity index (χ4v) is 1.58. The molecule has 0 saturated heterocycles. The Kier molecular flexibility index (Phi) is 2.57. The Bertz CT molecular complexity index is 542. The molecule has 0 aliphatic rings. The van der Waals surface area contributed by atoms with E-state index in [0.29, 0.717) is 6.54 Å². The molecule has 15 heavy (non-hydrogen) atoms. The van der Waals surface area contributed by atoms with Crippen molar-refractivity contribution in [2.45, 2.75) is 13.5 Å². The Hall–Kier alpha value is -1.99. The van der Waals surface area contributed by atoms with E-state index in [4.69, 9.17) is 0 Å². The highest BCUT2D eigenvalue weighted by Gasteiger charge is 1.99. The first-order chi connectivity index (χ1) is 7.31. The van der Waals surface area contributed by atoms with Crippen LogP contribution in [-0.2, 0) is 11.3 Å². The molecule has 0 atom stereocenters. The van der Waals surface area contributed by atoms with Gasteiger partial charge in [-0.1, -0.05) is 12.1 Å². The van der Waals surface area contributed by atoms with E-state index >= 15 is 0 Å². The van der Waals surface area contributed by atoms with Crippen LogP contribution < -0.4 is 0 Å².